The Labute approximate surface area is 92.7 Å². The fraction of sp³-hybridized carbons (Fsp3) is 0.615. The Morgan fingerprint density at radius 2 is 2.13 bits per heavy atom. The van der Waals surface area contributed by atoms with Crippen molar-refractivity contribution in [2.45, 2.75) is 52.5 Å². The number of hydrogen-bond donors (Lipinski definition) is 0. The number of carbonyl (C=O) groups is 1. The molecule has 0 aromatic rings. The molecule has 84 valence electrons. The van der Waals surface area contributed by atoms with Gasteiger partial charge in [0.05, 0.1) is 0 Å². The Kier molecular flexibility index (Phi) is 4.13. The highest BCUT2D eigenvalue weighted by atomic mass is 16.2. The summed E-state index contributed by atoms with van der Waals surface area (Å²) in [6.45, 7) is 9.62. The lowest BCUT2D eigenvalue weighted by Gasteiger charge is -2.31. The Hall–Kier alpha value is -1.05. The first-order valence-corrected chi connectivity index (χ1v) is 5.72. The molecule has 0 atom stereocenters. The molecule has 0 bridgehead atoms. The maximum Gasteiger partial charge on any atom is 0.253 e. The summed E-state index contributed by atoms with van der Waals surface area (Å²) in [7, 11) is 0. The second kappa shape index (κ2) is 5.15. The average molecular weight is 207 g/mol. The van der Waals surface area contributed by atoms with Gasteiger partial charge in [-0.15, -0.1) is 0 Å². The number of amides is 1. The van der Waals surface area contributed by atoms with E-state index in [1.54, 1.807) is 6.92 Å². The second-order valence-corrected chi connectivity index (χ2v) is 4.49. The summed E-state index contributed by atoms with van der Waals surface area (Å²) in [6.07, 6.45) is 6.76. The highest BCUT2D eigenvalue weighted by molar-refractivity contribution is 5.93. The van der Waals surface area contributed by atoms with Gasteiger partial charge in [-0.25, -0.2) is 0 Å². The zero-order valence-electron chi connectivity index (χ0n) is 10.0. The third-order valence-corrected chi connectivity index (χ3v) is 2.68. The summed E-state index contributed by atoms with van der Waals surface area (Å²) in [5, 5.41) is 0. The largest absolute Gasteiger partial charge is 0.310 e. The van der Waals surface area contributed by atoms with E-state index in [0.29, 0.717) is 5.57 Å². The van der Waals surface area contributed by atoms with Gasteiger partial charge in [0.2, 0.25) is 0 Å². The van der Waals surface area contributed by atoms with Crippen molar-refractivity contribution in [3.8, 4) is 0 Å². The molecular formula is C13H21NO. The van der Waals surface area contributed by atoms with Crippen LogP contribution in [0.25, 0.3) is 0 Å². The highest BCUT2D eigenvalue weighted by Crippen LogP contribution is 2.24. The maximum absolute atomic E-state index is 12.0. The molecule has 1 aliphatic carbocycles. The van der Waals surface area contributed by atoms with E-state index in [9.17, 15) is 4.79 Å². The second-order valence-electron chi connectivity index (χ2n) is 4.49. The molecule has 0 radical (unpaired) electrons. The minimum Gasteiger partial charge on any atom is -0.310 e. The summed E-state index contributed by atoms with van der Waals surface area (Å²) >= 11 is 0. The van der Waals surface area contributed by atoms with Gasteiger partial charge < -0.3 is 4.90 Å². The van der Waals surface area contributed by atoms with Crippen molar-refractivity contribution in [1.82, 2.24) is 4.90 Å². The van der Waals surface area contributed by atoms with Crippen LogP contribution in [0.1, 0.15) is 46.5 Å². The lowest BCUT2D eigenvalue weighted by Crippen LogP contribution is -2.37. The molecular weight excluding hydrogens is 186 g/mol. The molecule has 0 fully saturated rings. The first-order chi connectivity index (χ1) is 7.04. The van der Waals surface area contributed by atoms with Crippen molar-refractivity contribution in [2.75, 3.05) is 0 Å². The Morgan fingerprint density at radius 1 is 1.47 bits per heavy atom. The number of allylic oxidation sites excluding steroid dienone is 2. The molecule has 1 aliphatic rings. The van der Waals surface area contributed by atoms with E-state index in [2.05, 4.69) is 26.5 Å². The van der Waals surface area contributed by atoms with Crippen molar-refractivity contribution < 1.29 is 4.79 Å². The van der Waals surface area contributed by atoms with Gasteiger partial charge in [0, 0.05) is 17.3 Å². The Balaban J connectivity index is 2.86. The van der Waals surface area contributed by atoms with Crippen LogP contribution >= 0.6 is 0 Å². The zero-order valence-corrected chi connectivity index (χ0v) is 10.0. The van der Waals surface area contributed by atoms with Crippen LogP contribution in [0.3, 0.4) is 0 Å². The van der Waals surface area contributed by atoms with E-state index in [0.717, 1.165) is 12.8 Å². The van der Waals surface area contributed by atoms with Crippen LogP contribution in [0.5, 0.6) is 0 Å². The topological polar surface area (TPSA) is 20.3 Å². The van der Waals surface area contributed by atoms with Crippen LogP contribution in [0.2, 0.25) is 0 Å². The van der Waals surface area contributed by atoms with E-state index in [1.807, 2.05) is 4.90 Å². The standard InChI is InChI=1S/C13H21NO/c1-10(2)13(15)14(11(3)4)12-8-6-5-7-9-12/h8,11H,1,5-7,9H2,2-4H3. The molecule has 0 saturated heterocycles. The zero-order chi connectivity index (χ0) is 11.4. The van der Waals surface area contributed by atoms with Crippen LogP contribution in [0.4, 0.5) is 0 Å². The van der Waals surface area contributed by atoms with Crippen LogP contribution in [0.15, 0.2) is 23.9 Å². The van der Waals surface area contributed by atoms with Gasteiger partial charge in [0.1, 0.15) is 0 Å². The van der Waals surface area contributed by atoms with Gasteiger partial charge >= 0.3 is 0 Å². The van der Waals surface area contributed by atoms with Crippen molar-refractivity contribution in [1.29, 1.82) is 0 Å². The molecule has 1 amide bonds. The van der Waals surface area contributed by atoms with E-state index in [-0.39, 0.29) is 11.9 Å². The highest BCUT2D eigenvalue weighted by Gasteiger charge is 2.22. The summed E-state index contributed by atoms with van der Waals surface area (Å²) in [5.41, 5.74) is 1.81. The smallest absolute Gasteiger partial charge is 0.253 e. The van der Waals surface area contributed by atoms with Crippen LogP contribution in [-0.4, -0.2) is 16.8 Å². The molecule has 0 saturated carbocycles. The van der Waals surface area contributed by atoms with E-state index in [1.165, 1.54) is 18.5 Å². The van der Waals surface area contributed by atoms with E-state index in [4.69, 9.17) is 0 Å². The molecule has 0 N–H and O–H groups in total. The fourth-order valence-electron chi connectivity index (χ4n) is 1.94. The first kappa shape index (κ1) is 12.0. The summed E-state index contributed by atoms with van der Waals surface area (Å²) in [5.74, 6) is 0.0677. The minimum absolute atomic E-state index is 0.0677. The third kappa shape index (κ3) is 2.95. The molecule has 0 heterocycles. The summed E-state index contributed by atoms with van der Waals surface area (Å²) in [6, 6.07) is 0.221. The van der Waals surface area contributed by atoms with Crippen LogP contribution < -0.4 is 0 Å². The van der Waals surface area contributed by atoms with Gasteiger partial charge in [0.15, 0.2) is 0 Å². The molecule has 2 nitrogen and oxygen atoms in total. The predicted octanol–water partition coefficient (Wildman–Crippen LogP) is 3.26. The lowest BCUT2D eigenvalue weighted by molar-refractivity contribution is -0.126. The quantitative estimate of drug-likeness (QED) is 0.650. The van der Waals surface area contributed by atoms with Gasteiger partial charge in [-0.05, 0) is 46.5 Å². The number of hydrogen-bond acceptors (Lipinski definition) is 1. The Morgan fingerprint density at radius 3 is 2.53 bits per heavy atom. The molecule has 15 heavy (non-hydrogen) atoms. The molecule has 2 heteroatoms. The van der Waals surface area contributed by atoms with Crippen molar-refractivity contribution in [3.63, 3.8) is 0 Å². The van der Waals surface area contributed by atoms with Crippen LogP contribution in [-0.2, 0) is 4.79 Å². The van der Waals surface area contributed by atoms with Gasteiger partial charge in [-0.2, -0.15) is 0 Å². The molecule has 0 aromatic heterocycles. The number of rotatable bonds is 3. The lowest BCUT2D eigenvalue weighted by atomic mass is 10.0. The summed E-state index contributed by atoms with van der Waals surface area (Å²) < 4.78 is 0. The van der Waals surface area contributed by atoms with Crippen LogP contribution in [0, 0.1) is 0 Å². The molecule has 1 rings (SSSR count). The monoisotopic (exact) mass is 207 g/mol. The predicted molar refractivity (Wildman–Crippen MR) is 63.3 cm³/mol. The average Bonchev–Trinajstić information content (AvgIpc) is 2.18. The van der Waals surface area contributed by atoms with Gasteiger partial charge in [-0.3, -0.25) is 4.79 Å². The molecule has 0 spiro atoms. The minimum atomic E-state index is 0.0677. The van der Waals surface area contributed by atoms with Crippen molar-refractivity contribution in [3.05, 3.63) is 23.9 Å². The van der Waals surface area contributed by atoms with Crippen molar-refractivity contribution in [2.24, 2.45) is 0 Å². The first-order valence-electron chi connectivity index (χ1n) is 5.72. The molecule has 0 aliphatic heterocycles. The number of carbonyl (C=O) groups excluding carboxylic acids is 1. The van der Waals surface area contributed by atoms with E-state index >= 15 is 0 Å². The fourth-order valence-corrected chi connectivity index (χ4v) is 1.94. The summed E-state index contributed by atoms with van der Waals surface area (Å²) in [4.78, 5) is 13.9. The van der Waals surface area contributed by atoms with Crippen molar-refractivity contribution >= 4 is 5.91 Å². The SMILES string of the molecule is C=C(C)C(=O)N(C1=CCCCC1)C(C)C. The maximum atomic E-state index is 12.0. The normalized spacial score (nSPS) is 16.1. The van der Waals surface area contributed by atoms with Gasteiger partial charge in [-0.1, -0.05) is 12.7 Å². The van der Waals surface area contributed by atoms with Gasteiger partial charge in [0.25, 0.3) is 5.91 Å². The third-order valence-electron chi connectivity index (χ3n) is 2.68. The molecule has 0 unspecified atom stereocenters. The van der Waals surface area contributed by atoms with E-state index < -0.39 is 0 Å². The number of nitrogens with zero attached hydrogens (tertiary/aromatic N) is 1. The Bertz CT molecular complexity index is 289. The molecule has 0 aromatic carbocycles.